The number of hydrogen-bond acceptors (Lipinski definition) is 9. The van der Waals surface area contributed by atoms with Crippen LogP contribution < -0.4 is 14.8 Å². The second-order valence-electron chi connectivity index (χ2n) is 9.42. The Morgan fingerprint density at radius 2 is 1.89 bits per heavy atom. The molecular formula is C25H37N7O5. The third-order valence-corrected chi connectivity index (χ3v) is 7.00. The first-order chi connectivity index (χ1) is 18.0. The van der Waals surface area contributed by atoms with Crippen LogP contribution >= 0.6 is 0 Å². The van der Waals surface area contributed by atoms with Crippen LogP contribution in [0.25, 0.3) is 11.4 Å². The van der Waals surface area contributed by atoms with Crippen molar-refractivity contribution in [1.29, 1.82) is 0 Å². The number of methoxy groups -OCH3 is 2. The maximum Gasteiger partial charge on any atom is 0.246 e. The van der Waals surface area contributed by atoms with E-state index in [1.54, 1.807) is 44.2 Å². The Morgan fingerprint density at radius 1 is 1.16 bits per heavy atom. The highest BCUT2D eigenvalue weighted by Gasteiger charge is 2.29. The molecule has 0 unspecified atom stereocenters. The monoisotopic (exact) mass is 515 g/mol. The van der Waals surface area contributed by atoms with Gasteiger partial charge in [-0.3, -0.25) is 14.5 Å². The van der Waals surface area contributed by atoms with Gasteiger partial charge in [0.25, 0.3) is 0 Å². The van der Waals surface area contributed by atoms with Crippen molar-refractivity contribution in [3.8, 4) is 22.9 Å². The smallest absolute Gasteiger partial charge is 0.246 e. The van der Waals surface area contributed by atoms with Crippen LogP contribution in [0.15, 0.2) is 18.2 Å². The van der Waals surface area contributed by atoms with E-state index in [2.05, 4.69) is 25.6 Å². The van der Waals surface area contributed by atoms with Gasteiger partial charge in [0.1, 0.15) is 12.6 Å². The van der Waals surface area contributed by atoms with Gasteiger partial charge in [-0.15, -0.1) is 10.2 Å². The fourth-order valence-corrected chi connectivity index (χ4v) is 4.75. The zero-order valence-corrected chi connectivity index (χ0v) is 21.9. The molecule has 1 saturated heterocycles. The molecule has 2 heterocycles. The third-order valence-electron chi connectivity index (χ3n) is 7.00. The van der Waals surface area contributed by atoms with E-state index in [0.717, 1.165) is 38.8 Å². The first-order valence-corrected chi connectivity index (χ1v) is 12.9. The second kappa shape index (κ2) is 12.8. The summed E-state index contributed by atoms with van der Waals surface area (Å²) in [5.41, 5.74) is 0.685. The maximum atomic E-state index is 13.4. The molecule has 1 N–H and O–H groups in total. The Hall–Kier alpha value is -3.25. The van der Waals surface area contributed by atoms with E-state index < -0.39 is 6.04 Å². The molecule has 1 aliphatic carbocycles. The van der Waals surface area contributed by atoms with Gasteiger partial charge >= 0.3 is 0 Å². The molecule has 0 bridgehead atoms. The molecule has 37 heavy (non-hydrogen) atoms. The molecule has 1 aromatic heterocycles. The number of morpholine rings is 1. The average Bonchev–Trinajstić information content (AvgIpc) is 3.61. The minimum Gasteiger partial charge on any atom is -0.493 e. The minimum absolute atomic E-state index is 0.121. The predicted molar refractivity (Wildman–Crippen MR) is 135 cm³/mol. The Labute approximate surface area is 217 Å². The molecule has 1 aromatic carbocycles. The van der Waals surface area contributed by atoms with Crippen molar-refractivity contribution >= 4 is 11.8 Å². The predicted octanol–water partition coefficient (Wildman–Crippen LogP) is 0.965. The summed E-state index contributed by atoms with van der Waals surface area (Å²) in [6.07, 6.45) is 4.22. The van der Waals surface area contributed by atoms with E-state index in [1.807, 2.05) is 0 Å². The number of aromatic nitrogens is 4. The van der Waals surface area contributed by atoms with Crippen LogP contribution in [0.2, 0.25) is 0 Å². The van der Waals surface area contributed by atoms with Gasteiger partial charge in [-0.2, -0.15) is 4.80 Å². The van der Waals surface area contributed by atoms with Gasteiger partial charge in [-0.25, -0.2) is 0 Å². The Bertz CT molecular complexity index is 1050. The zero-order valence-electron chi connectivity index (χ0n) is 21.9. The molecule has 2 amide bonds. The molecule has 12 nitrogen and oxygen atoms in total. The topological polar surface area (TPSA) is 124 Å². The van der Waals surface area contributed by atoms with Gasteiger partial charge in [0.2, 0.25) is 17.6 Å². The summed E-state index contributed by atoms with van der Waals surface area (Å²) in [7, 11) is 3.12. The highest BCUT2D eigenvalue weighted by Crippen LogP contribution is 2.30. The minimum atomic E-state index is -0.608. The number of amides is 2. The van der Waals surface area contributed by atoms with Crippen molar-refractivity contribution in [3.05, 3.63) is 18.2 Å². The summed E-state index contributed by atoms with van der Waals surface area (Å²) in [5.74, 6) is 1.14. The van der Waals surface area contributed by atoms with E-state index >= 15 is 0 Å². The molecule has 1 atom stereocenters. The Morgan fingerprint density at radius 3 is 2.59 bits per heavy atom. The summed E-state index contributed by atoms with van der Waals surface area (Å²) >= 11 is 0. The van der Waals surface area contributed by atoms with Crippen molar-refractivity contribution in [1.82, 2.24) is 35.3 Å². The number of carbonyl (C=O) groups is 2. The number of ether oxygens (including phenoxy) is 3. The number of tetrazole rings is 1. The first kappa shape index (κ1) is 26.8. The van der Waals surface area contributed by atoms with Crippen molar-refractivity contribution < 1.29 is 23.8 Å². The molecule has 0 radical (unpaired) electrons. The highest BCUT2D eigenvalue weighted by molar-refractivity contribution is 5.87. The van der Waals surface area contributed by atoms with Crippen molar-refractivity contribution in [2.75, 3.05) is 53.6 Å². The lowest BCUT2D eigenvalue weighted by molar-refractivity contribution is -0.141. The van der Waals surface area contributed by atoms with Gasteiger partial charge in [0.05, 0.1) is 27.4 Å². The first-order valence-electron chi connectivity index (χ1n) is 12.9. The largest absolute Gasteiger partial charge is 0.493 e. The molecule has 12 heteroatoms. The molecule has 4 rings (SSSR count). The average molecular weight is 516 g/mol. The fourth-order valence-electron chi connectivity index (χ4n) is 4.75. The van der Waals surface area contributed by atoms with Crippen LogP contribution in [-0.4, -0.2) is 108 Å². The molecule has 2 aliphatic rings. The van der Waals surface area contributed by atoms with Gasteiger partial charge in [0, 0.05) is 37.8 Å². The van der Waals surface area contributed by atoms with Crippen molar-refractivity contribution in [3.63, 3.8) is 0 Å². The van der Waals surface area contributed by atoms with Crippen LogP contribution in [0, 0.1) is 0 Å². The lowest BCUT2D eigenvalue weighted by atomic mass is 10.2. The summed E-state index contributed by atoms with van der Waals surface area (Å²) in [6, 6.07) is 4.90. The van der Waals surface area contributed by atoms with E-state index in [1.165, 1.54) is 4.80 Å². The molecule has 202 valence electrons. The molecule has 2 fully saturated rings. The quantitative estimate of drug-likeness (QED) is 0.466. The fraction of sp³-hybridized carbons (Fsp3) is 0.640. The summed E-state index contributed by atoms with van der Waals surface area (Å²) < 4.78 is 16.1. The van der Waals surface area contributed by atoms with Crippen LogP contribution in [0.1, 0.15) is 32.6 Å². The zero-order chi connectivity index (χ0) is 26.2. The normalized spacial score (nSPS) is 17.4. The van der Waals surface area contributed by atoms with Crippen molar-refractivity contribution in [2.24, 2.45) is 0 Å². The number of nitrogens with zero attached hydrogens (tertiary/aromatic N) is 6. The van der Waals surface area contributed by atoms with E-state index in [4.69, 9.17) is 14.2 Å². The number of hydrogen-bond donors (Lipinski definition) is 1. The Balaban J connectivity index is 1.44. The van der Waals surface area contributed by atoms with Crippen LogP contribution in [0.5, 0.6) is 11.5 Å². The molecular weight excluding hydrogens is 478 g/mol. The van der Waals surface area contributed by atoms with E-state index in [-0.39, 0.29) is 24.4 Å². The van der Waals surface area contributed by atoms with E-state index in [9.17, 15) is 9.59 Å². The number of nitrogens with one attached hydrogen (secondary N) is 1. The number of carbonyl (C=O) groups excluding carboxylic acids is 2. The summed E-state index contributed by atoms with van der Waals surface area (Å²) in [5, 5.41) is 15.7. The van der Waals surface area contributed by atoms with Gasteiger partial charge < -0.3 is 24.4 Å². The molecule has 0 spiro atoms. The van der Waals surface area contributed by atoms with Gasteiger partial charge in [-0.05, 0) is 43.2 Å². The van der Waals surface area contributed by atoms with Crippen LogP contribution in [0.3, 0.4) is 0 Å². The van der Waals surface area contributed by atoms with Gasteiger partial charge in [0.15, 0.2) is 11.5 Å². The SMILES string of the molecule is COc1ccc(-c2nnn(CC(=O)N(CCN3CCOCC3)[C@@H](C)C(=O)NC3CCCC3)n2)cc1OC. The van der Waals surface area contributed by atoms with Crippen LogP contribution in [0.4, 0.5) is 0 Å². The van der Waals surface area contributed by atoms with Crippen LogP contribution in [-0.2, 0) is 20.9 Å². The summed E-state index contributed by atoms with van der Waals surface area (Å²) in [4.78, 5) is 31.6. The highest BCUT2D eigenvalue weighted by atomic mass is 16.5. The standard InChI is InChI=1S/C25H37N7O5/c1-18(25(34)26-20-6-4-5-7-20)31(11-10-30-12-14-37-15-13-30)23(33)17-32-28-24(27-29-32)19-8-9-21(35-2)22(16-19)36-3/h8-9,16,18,20H,4-7,10-15,17H2,1-3H3,(H,26,34)/t18-/m0/s1. The second-order valence-corrected chi connectivity index (χ2v) is 9.42. The Kier molecular flexibility index (Phi) is 9.29. The number of rotatable bonds is 11. The van der Waals surface area contributed by atoms with E-state index in [0.29, 0.717) is 49.2 Å². The van der Waals surface area contributed by atoms with Gasteiger partial charge in [-0.1, -0.05) is 12.8 Å². The lowest BCUT2D eigenvalue weighted by Gasteiger charge is -2.33. The lowest BCUT2D eigenvalue weighted by Crippen LogP contribution is -2.53. The molecule has 1 aliphatic heterocycles. The third kappa shape index (κ3) is 6.95. The molecule has 2 aromatic rings. The summed E-state index contributed by atoms with van der Waals surface area (Å²) in [6.45, 7) is 5.72. The van der Waals surface area contributed by atoms with Crippen molar-refractivity contribution in [2.45, 2.75) is 51.2 Å². The molecule has 1 saturated carbocycles. The number of benzene rings is 1. The maximum absolute atomic E-state index is 13.4.